The summed E-state index contributed by atoms with van der Waals surface area (Å²) in [5.74, 6) is 0.754. The maximum atomic E-state index is 12.0. The number of hydrogen-bond donors (Lipinski definition) is 1. The van der Waals surface area contributed by atoms with E-state index < -0.39 is 12.6 Å². The quantitative estimate of drug-likeness (QED) is 0.852. The molecule has 5 heteroatoms. The van der Waals surface area contributed by atoms with E-state index in [1.807, 2.05) is 24.3 Å². The number of hydrogen-bond acceptors (Lipinski definition) is 2. The highest BCUT2D eigenvalue weighted by Crippen LogP contribution is 2.23. The fourth-order valence-electron chi connectivity index (χ4n) is 1.73. The fourth-order valence-corrected chi connectivity index (χ4v) is 1.73. The second kappa shape index (κ2) is 6.64. The Balaban J connectivity index is 2.32. The van der Waals surface area contributed by atoms with Gasteiger partial charge in [0.1, 0.15) is 5.75 Å². The van der Waals surface area contributed by atoms with Crippen LogP contribution in [-0.4, -0.2) is 19.3 Å². The summed E-state index contributed by atoms with van der Waals surface area (Å²) >= 11 is 0. The maximum absolute atomic E-state index is 12.0. The smallest absolute Gasteiger partial charge is 0.389 e. The second-order valence-corrected chi connectivity index (χ2v) is 4.32. The van der Waals surface area contributed by atoms with Crippen LogP contribution in [0.2, 0.25) is 0 Å². The SMILES string of the molecule is COc1ccc(CC(N)CCCC(F)(F)F)cc1. The van der Waals surface area contributed by atoms with Gasteiger partial charge in [0.2, 0.25) is 0 Å². The molecule has 1 aromatic rings. The van der Waals surface area contributed by atoms with Crippen molar-refractivity contribution in [1.29, 1.82) is 0 Å². The molecule has 2 N–H and O–H groups in total. The molecule has 1 aromatic carbocycles. The molecule has 0 aliphatic carbocycles. The van der Waals surface area contributed by atoms with Gasteiger partial charge in [-0.25, -0.2) is 0 Å². The van der Waals surface area contributed by atoms with E-state index in [0.29, 0.717) is 12.8 Å². The van der Waals surface area contributed by atoms with Crippen molar-refractivity contribution >= 4 is 0 Å². The summed E-state index contributed by atoms with van der Waals surface area (Å²) < 4.78 is 40.9. The molecule has 0 spiro atoms. The normalized spacial score (nSPS) is 13.4. The van der Waals surface area contributed by atoms with Crippen LogP contribution in [0.4, 0.5) is 13.2 Å². The standard InChI is InChI=1S/C13H18F3NO/c1-18-12-6-4-10(5-7-12)9-11(17)3-2-8-13(14,15)16/h4-7,11H,2-3,8-9,17H2,1H3. The summed E-state index contributed by atoms with van der Waals surface area (Å²) in [5.41, 5.74) is 6.82. The molecule has 0 bridgehead atoms. The van der Waals surface area contributed by atoms with E-state index >= 15 is 0 Å². The van der Waals surface area contributed by atoms with Gasteiger partial charge in [-0.05, 0) is 37.0 Å². The molecule has 0 aliphatic rings. The van der Waals surface area contributed by atoms with Gasteiger partial charge < -0.3 is 10.5 Å². The predicted molar refractivity (Wildman–Crippen MR) is 64.6 cm³/mol. The molecule has 0 saturated carbocycles. The molecule has 0 fully saturated rings. The van der Waals surface area contributed by atoms with E-state index in [1.54, 1.807) is 7.11 Å². The Kier molecular flexibility index (Phi) is 5.47. The lowest BCUT2D eigenvalue weighted by molar-refractivity contribution is -0.135. The first-order valence-electron chi connectivity index (χ1n) is 5.86. The zero-order chi connectivity index (χ0) is 13.6. The van der Waals surface area contributed by atoms with Crippen molar-refractivity contribution in [3.05, 3.63) is 29.8 Å². The van der Waals surface area contributed by atoms with Crippen molar-refractivity contribution in [2.24, 2.45) is 5.73 Å². The van der Waals surface area contributed by atoms with Crippen LogP contribution in [0.1, 0.15) is 24.8 Å². The van der Waals surface area contributed by atoms with Crippen molar-refractivity contribution < 1.29 is 17.9 Å². The van der Waals surface area contributed by atoms with Crippen LogP contribution >= 0.6 is 0 Å². The van der Waals surface area contributed by atoms with Gasteiger partial charge in [0.15, 0.2) is 0 Å². The molecular weight excluding hydrogens is 243 g/mol. The van der Waals surface area contributed by atoms with Gasteiger partial charge >= 0.3 is 6.18 Å². The number of rotatable bonds is 6. The Bertz CT molecular complexity index is 348. The van der Waals surface area contributed by atoms with Crippen LogP contribution < -0.4 is 10.5 Å². The third-order valence-corrected chi connectivity index (χ3v) is 2.69. The van der Waals surface area contributed by atoms with E-state index in [2.05, 4.69) is 0 Å². The molecule has 0 amide bonds. The van der Waals surface area contributed by atoms with Gasteiger partial charge in [-0.1, -0.05) is 12.1 Å². The van der Waals surface area contributed by atoms with Crippen LogP contribution in [0.3, 0.4) is 0 Å². The molecule has 18 heavy (non-hydrogen) atoms. The number of methoxy groups -OCH3 is 1. The Labute approximate surface area is 105 Å². The topological polar surface area (TPSA) is 35.2 Å². The second-order valence-electron chi connectivity index (χ2n) is 4.32. The van der Waals surface area contributed by atoms with E-state index in [-0.39, 0.29) is 12.5 Å². The minimum atomic E-state index is -4.08. The number of alkyl halides is 3. The van der Waals surface area contributed by atoms with Crippen LogP contribution in [0.5, 0.6) is 5.75 Å². The maximum Gasteiger partial charge on any atom is 0.389 e. The first kappa shape index (κ1) is 14.8. The van der Waals surface area contributed by atoms with Crippen molar-refractivity contribution in [2.45, 2.75) is 37.9 Å². The Morgan fingerprint density at radius 2 is 1.83 bits per heavy atom. The lowest BCUT2D eigenvalue weighted by atomic mass is 10.0. The average Bonchev–Trinajstić information content (AvgIpc) is 2.28. The Morgan fingerprint density at radius 3 is 2.33 bits per heavy atom. The summed E-state index contributed by atoms with van der Waals surface area (Å²) in [7, 11) is 1.58. The molecule has 0 heterocycles. The number of halogens is 3. The molecule has 1 atom stereocenters. The van der Waals surface area contributed by atoms with Gasteiger partial charge in [-0.2, -0.15) is 13.2 Å². The van der Waals surface area contributed by atoms with Crippen LogP contribution in [0, 0.1) is 0 Å². The lowest BCUT2D eigenvalue weighted by Crippen LogP contribution is -2.23. The van der Waals surface area contributed by atoms with Gasteiger partial charge in [-0.15, -0.1) is 0 Å². The van der Waals surface area contributed by atoms with Crippen molar-refractivity contribution in [3.8, 4) is 5.75 Å². The van der Waals surface area contributed by atoms with Gasteiger partial charge in [0.05, 0.1) is 7.11 Å². The van der Waals surface area contributed by atoms with Crippen LogP contribution in [-0.2, 0) is 6.42 Å². The number of benzene rings is 1. The van der Waals surface area contributed by atoms with E-state index in [9.17, 15) is 13.2 Å². The van der Waals surface area contributed by atoms with E-state index in [4.69, 9.17) is 10.5 Å². The highest BCUT2D eigenvalue weighted by Gasteiger charge is 2.26. The number of ether oxygens (including phenoxy) is 1. The van der Waals surface area contributed by atoms with Gasteiger partial charge in [0, 0.05) is 12.5 Å². The molecule has 1 unspecified atom stereocenters. The third kappa shape index (κ3) is 5.91. The molecule has 0 radical (unpaired) electrons. The van der Waals surface area contributed by atoms with Crippen molar-refractivity contribution in [1.82, 2.24) is 0 Å². The fraction of sp³-hybridized carbons (Fsp3) is 0.538. The molecule has 102 valence electrons. The molecule has 0 aromatic heterocycles. The summed E-state index contributed by atoms with van der Waals surface area (Å²) in [5, 5.41) is 0. The first-order chi connectivity index (χ1) is 8.40. The highest BCUT2D eigenvalue weighted by molar-refractivity contribution is 5.27. The zero-order valence-electron chi connectivity index (χ0n) is 10.3. The molecular formula is C13H18F3NO. The summed E-state index contributed by atoms with van der Waals surface area (Å²) in [4.78, 5) is 0. The predicted octanol–water partition coefficient (Wildman–Crippen LogP) is 3.30. The lowest BCUT2D eigenvalue weighted by Gasteiger charge is -2.12. The Morgan fingerprint density at radius 1 is 1.22 bits per heavy atom. The van der Waals surface area contributed by atoms with Crippen LogP contribution in [0.15, 0.2) is 24.3 Å². The molecule has 0 aliphatic heterocycles. The molecule has 0 saturated heterocycles. The summed E-state index contributed by atoms with van der Waals surface area (Å²) in [6.07, 6.45) is -3.79. The third-order valence-electron chi connectivity index (χ3n) is 2.69. The van der Waals surface area contributed by atoms with Crippen LogP contribution in [0.25, 0.3) is 0 Å². The minimum Gasteiger partial charge on any atom is -0.497 e. The van der Waals surface area contributed by atoms with E-state index in [1.165, 1.54) is 0 Å². The zero-order valence-corrected chi connectivity index (χ0v) is 10.3. The monoisotopic (exact) mass is 261 g/mol. The van der Waals surface area contributed by atoms with Gasteiger partial charge in [-0.3, -0.25) is 0 Å². The van der Waals surface area contributed by atoms with E-state index in [0.717, 1.165) is 11.3 Å². The van der Waals surface area contributed by atoms with Crippen molar-refractivity contribution in [3.63, 3.8) is 0 Å². The first-order valence-corrected chi connectivity index (χ1v) is 5.86. The van der Waals surface area contributed by atoms with Gasteiger partial charge in [0.25, 0.3) is 0 Å². The largest absolute Gasteiger partial charge is 0.497 e. The summed E-state index contributed by atoms with van der Waals surface area (Å²) in [6, 6.07) is 7.15. The minimum absolute atomic E-state index is 0.0841. The number of nitrogens with two attached hydrogens (primary N) is 1. The highest BCUT2D eigenvalue weighted by atomic mass is 19.4. The van der Waals surface area contributed by atoms with Crippen molar-refractivity contribution in [2.75, 3.05) is 7.11 Å². The average molecular weight is 261 g/mol. The molecule has 2 nitrogen and oxygen atoms in total. The molecule has 1 rings (SSSR count). The summed E-state index contributed by atoms with van der Waals surface area (Å²) in [6.45, 7) is 0. The Hall–Kier alpha value is -1.23.